The first-order valence-electron chi connectivity index (χ1n) is 9.93. The maximum atomic E-state index is 5.94. The largest absolute Gasteiger partial charge is 0.378 e. The quantitative estimate of drug-likeness (QED) is 0.167. The summed E-state index contributed by atoms with van der Waals surface area (Å²) < 4.78 is 5.46. The van der Waals surface area contributed by atoms with Gasteiger partial charge in [-0.3, -0.25) is 0 Å². The number of thioether (sulfide) groups is 1. The predicted molar refractivity (Wildman–Crippen MR) is 138 cm³/mol. The zero-order valence-electron chi connectivity index (χ0n) is 17.1. The van der Waals surface area contributed by atoms with Crippen molar-refractivity contribution in [1.29, 1.82) is 0 Å². The molecule has 1 aromatic carbocycles. The Balaban J connectivity index is 0.00000320. The molecule has 2 N–H and O–H groups in total. The molecule has 30 heavy (non-hydrogen) atoms. The summed E-state index contributed by atoms with van der Waals surface area (Å²) >= 11 is 7.73. The third-order valence-corrected chi connectivity index (χ3v) is 5.67. The maximum Gasteiger partial charge on any atom is 0.191 e. The summed E-state index contributed by atoms with van der Waals surface area (Å²) in [6.07, 6.45) is 1.84. The van der Waals surface area contributed by atoms with Crippen molar-refractivity contribution in [3.63, 3.8) is 0 Å². The molecule has 0 unspecified atom stereocenters. The minimum absolute atomic E-state index is 0. The summed E-state index contributed by atoms with van der Waals surface area (Å²) in [5, 5.41) is 7.49. The van der Waals surface area contributed by atoms with Gasteiger partial charge in [0.05, 0.1) is 19.8 Å². The van der Waals surface area contributed by atoms with Crippen LogP contribution in [0.15, 0.2) is 52.5 Å². The van der Waals surface area contributed by atoms with E-state index in [1.807, 2.05) is 36.5 Å². The normalized spacial score (nSPS) is 14.2. The second-order valence-electron chi connectivity index (χ2n) is 6.51. The first-order valence-corrected chi connectivity index (χ1v) is 11.3. The number of guanidine groups is 1. The maximum absolute atomic E-state index is 5.94. The Labute approximate surface area is 205 Å². The molecule has 0 saturated carbocycles. The molecule has 1 aliphatic rings. The van der Waals surface area contributed by atoms with Crippen molar-refractivity contribution in [1.82, 2.24) is 15.6 Å². The number of anilines is 1. The molecule has 1 aliphatic heterocycles. The predicted octanol–water partition coefficient (Wildman–Crippen LogP) is 4.04. The Morgan fingerprint density at radius 2 is 1.97 bits per heavy atom. The second kappa shape index (κ2) is 14.0. The van der Waals surface area contributed by atoms with Gasteiger partial charge in [0.25, 0.3) is 0 Å². The molecule has 9 heteroatoms. The van der Waals surface area contributed by atoms with Crippen LogP contribution in [0, 0.1) is 0 Å². The molecule has 0 radical (unpaired) electrons. The second-order valence-corrected chi connectivity index (χ2v) is 8.11. The van der Waals surface area contributed by atoms with Gasteiger partial charge in [-0.2, -0.15) is 0 Å². The van der Waals surface area contributed by atoms with Crippen LogP contribution >= 0.6 is 47.3 Å². The van der Waals surface area contributed by atoms with Crippen LogP contribution in [0.1, 0.15) is 12.5 Å². The third kappa shape index (κ3) is 8.13. The molecule has 1 fully saturated rings. The van der Waals surface area contributed by atoms with Gasteiger partial charge >= 0.3 is 0 Å². The minimum atomic E-state index is 0. The van der Waals surface area contributed by atoms with E-state index < -0.39 is 0 Å². The van der Waals surface area contributed by atoms with Gasteiger partial charge in [-0.25, -0.2) is 9.98 Å². The molecule has 1 aromatic heterocycles. The molecule has 0 atom stereocenters. The summed E-state index contributed by atoms with van der Waals surface area (Å²) in [6, 6.07) is 12.0. The lowest BCUT2D eigenvalue weighted by molar-refractivity contribution is 0.122. The lowest BCUT2D eigenvalue weighted by Gasteiger charge is -2.29. The molecule has 0 aliphatic carbocycles. The Bertz CT molecular complexity index is 787. The molecular formula is C21H29ClIN5OS. The molecule has 6 nitrogen and oxygen atoms in total. The Kier molecular flexibility index (Phi) is 11.6. The Hall–Kier alpha value is -1.23. The lowest BCUT2D eigenvalue weighted by atomic mass is 10.2. The van der Waals surface area contributed by atoms with Crippen molar-refractivity contribution in [2.75, 3.05) is 50.0 Å². The number of aliphatic imine (C=N–C) groups is 1. The molecule has 164 valence electrons. The van der Waals surface area contributed by atoms with Crippen LogP contribution in [0.3, 0.4) is 0 Å². The molecule has 2 heterocycles. The molecule has 3 rings (SSSR count). The molecule has 0 amide bonds. The van der Waals surface area contributed by atoms with Crippen molar-refractivity contribution in [3.8, 4) is 0 Å². The van der Waals surface area contributed by atoms with Gasteiger partial charge < -0.3 is 20.3 Å². The highest BCUT2D eigenvalue weighted by Crippen LogP contribution is 2.20. The van der Waals surface area contributed by atoms with E-state index in [0.717, 1.165) is 67.5 Å². The monoisotopic (exact) mass is 561 g/mol. The topological polar surface area (TPSA) is 61.8 Å². The number of nitrogens with one attached hydrogen (secondary N) is 2. The smallest absolute Gasteiger partial charge is 0.191 e. The van der Waals surface area contributed by atoms with Crippen molar-refractivity contribution < 1.29 is 4.74 Å². The first-order chi connectivity index (χ1) is 14.3. The van der Waals surface area contributed by atoms with E-state index in [0.29, 0.717) is 6.54 Å². The van der Waals surface area contributed by atoms with Crippen molar-refractivity contribution in [2.45, 2.75) is 18.4 Å². The number of pyridine rings is 1. The average molecular weight is 562 g/mol. The van der Waals surface area contributed by atoms with E-state index in [1.165, 1.54) is 4.90 Å². The van der Waals surface area contributed by atoms with Gasteiger partial charge in [0.15, 0.2) is 5.96 Å². The fourth-order valence-electron chi connectivity index (χ4n) is 2.99. The van der Waals surface area contributed by atoms with Gasteiger partial charge in [0, 0.05) is 53.6 Å². The van der Waals surface area contributed by atoms with Gasteiger partial charge in [0.1, 0.15) is 5.82 Å². The fraction of sp³-hybridized carbons (Fsp3) is 0.429. The van der Waals surface area contributed by atoms with E-state index in [2.05, 4.69) is 33.5 Å². The van der Waals surface area contributed by atoms with Gasteiger partial charge in [-0.05, 0) is 37.3 Å². The highest BCUT2D eigenvalue weighted by molar-refractivity contribution is 14.0. The highest BCUT2D eigenvalue weighted by atomic mass is 127. The number of morpholine rings is 1. The average Bonchev–Trinajstić information content (AvgIpc) is 2.77. The number of hydrogen-bond donors (Lipinski definition) is 2. The van der Waals surface area contributed by atoms with Crippen molar-refractivity contribution in [3.05, 3.63) is 53.2 Å². The molecular weight excluding hydrogens is 533 g/mol. The molecule has 0 spiro atoms. The van der Waals surface area contributed by atoms with Crippen molar-refractivity contribution >= 4 is 59.1 Å². The molecule has 0 bridgehead atoms. The number of aromatic nitrogens is 1. The van der Waals surface area contributed by atoms with E-state index in [-0.39, 0.29) is 24.0 Å². The number of benzene rings is 1. The summed E-state index contributed by atoms with van der Waals surface area (Å²) in [5.41, 5.74) is 1.13. The summed E-state index contributed by atoms with van der Waals surface area (Å²) in [6.45, 7) is 7.52. The van der Waals surface area contributed by atoms with Crippen LogP contribution in [-0.2, 0) is 11.3 Å². The highest BCUT2D eigenvalue weighted by Gasteiger charge is 2.15. The Morgan fingerprint density at radius 3 is 2.70 bits per heavy atom. The van der Waals surface area contributed by atoms with E-state index in [4.69, 9.17) is 21.3 Å². The van der Waals surface area contributed by atoms with Crippen LogP contribution in [0.25, 0.3) is 0 Å². The molecule has 1 saturated heterocycles. The zero-order chi connectivity index (χ0) is 20.3. The standard InChI is InChI=1S/C21H28ClN5OS.HI/c1-2-23-21(25-10-15-29-19-7-5-18(22)6-8-19)26-16-17-4-3-9-24-20(17)27-11-13-28-14-12-27;/h3-9H,2,10-16H2,1H3,(H2,23,25,26);1H. The van der Waals surface area contributed by atoms with Crippen LogP contribution in [0.2, 0.25) is 5.02 Å². The van der Waals surface area contributed by atoms with Gasteiger partial charge in [0.2, 0.25) is 0 Å². The lowest BCUT2D eigenvalue weighted by Crippen LogP contribution is -2.38. The number of nitrogens with zero attached hydrogens (tertiary/aromatic N) is 3. The van der Waals surface area contributed by atoms with Crippen LogP contribution < -0.4 is 15.5 Å². The van der Waals surface area contributed by atoms with E-state index in [9.17, 15) is 0 Å². The summed E-state index contributed by atoms with van der Waals surface area (Å²) in [4.78, 5) is 12.8. The number of rotatable bonds is 8. The number of halogens is 2. The van der Waals surface area contributed by atoms with Crippen LogP contribution in [0.5, 0.6) is 0 Å². The summed E-state index contributed by atoms with van der Waals surface area (Å²) in [5.74, 6) is 2.77. The third-order valence-electron chi connectivity index (χ3n) is 4.41. The van der Waals surface area contributed by atoms with Gasteiger partial charge in [-0.1, -0.05) is 17.7 Å². The van der Waals surface area contributed by atoms with Crippen molar-refractivity contribution in [2.24, 2.45) is 4.99 Å². The van der Waals surface area contributed by atoms with E-state index in [1.54, 1.807) is 11.8 Å². The van der Waals surface area contributed by atoms with E-state index >= 15 is 0 Å². The van der Waals surface area contributed by atoms with Gasteiger partial charge in [-0.15, -0.1) is 35.7 Å². The fourth-order valence-corrected chi connectivity index (χ4v) is 3.88. The summed E-state index contributed by atoms with van der Waals surface area (Å²) in [7, 11) is 0. The van der Waals surface area contributed by atoms with Crippen LogP contribution in [-0.4, -0.2) is 56.1 Å². The number of ether oxygens (including phenoxy) is 1. The minimum Gasteiger partial charge on any atom is -0.378 e. The SMILES string of the molecule is CCNC(=NCc1cccnc1N1CCOCC1)NCCSc1ccc(Cl)cc1.I. The Morgan fingerprint density at radius 1 is 1.20 bits per heavy atom. The zero-order valence-corrected chi connectivity index (χ0v) is 21.0. The molecule has 2 aromatic rings. The number of hydrogen-bond acceptors (Lipinski definition) is 5. The van der Waals surface area contributed by atoms with Crippen LogP contribution in [0.4, 0.5) is 5.82 Å². The first kappa shape index (κ1) is 25.0.